The molecular weight excluding hydrogens is 406 g/mol. The van der Waals surface area contributed by atoms with Gasteiger partial charge in [-0.15, -0.1) is 10.2 Å². The second-order valence-corrected chi connectivity index (χ2v) is 10.2. The van der Waals surface area contributed by atoms with Gasteiger partial charge in [-0.3, -0.25) is 9.36 Å². The van der Waals surface area contributed by atoms with Crippen LogP contribution in [0.4, 0.5) is 5.95 Å². The molecule has 0 radical (unpaired) electrons. The molecule has 1 aliphatic carbocycles. The Morgan fingerprint density at radius 1 is 0.968 bits per heavy atom. The molecule has 0 N–H and O–H groups in total. The Hall–Kier alpha value is -2.02. The van der Waals surface area contributed by atoms with Crippen LogP contribution in [-0.4, -0.2) is 57.0 Å². The maximum absolute atomic E-state index is 13.2. The minimum absolute atomic E-state index is 0.266. The molecule has 7 heteroatoms. The van der Waals surface area contributed by atoms with E-state index < -0.39 is 0 Å². The van der Waals surface area contributed by atoms with E-state index >= 15 is 0 Å². The molecule has 2 saturated heterocycles. The highest BCUT2D eigenvalue weighted by Crippen LogP contribution is 2.36. The van der Waals surface area contributed by atoms with Gasteiger partial charge in [0, 0.05) is 25.7 Å². The molecule has 6 nitrogen and oxygen atoms in total. The molecule has 0 bridgehead atoms. The van der Waals surface area contributed by atoms with Gasteiger partial charge in [0.25, 0.3) is 0 Å². The molecule has 5 rings (SSSR count). The maximum Gasteiger partial charge on any atom is 0.233 e. The second kappa shape index (κ2) is 9.23. The van der Waals surface area contributed by atoms with Gasteiger partial charge in [-0.2, -0.15) is 0 Å². The summed E-state index contributed by atoms with van der Waals surface area (Å²) in [5.74, 6) is 2.33. The van der Waals surface area contributed by atoms with Crippen LogP contribution in [0.25, 0.3) is 5.69 Å². The largest absolute Gasteiger partial charge is 0.341 e. The topological polar surface area (TPSA) is 54.3 Å². The molecule has 166 valence electrons. The molecule has 3 heterocycles. The van der Waals surface area contributed by atoms with Gasteiger partial charge in [-0.05, 0) is 63.5 Å². The molecular formula is C24H33N5OS. The summed E-state index contributed by atoms with van der Waals surface area (Å²) in [5.41, 5.74) is 2.30. The summed E-state index contributed by atoms with van der Waals surface area (Å²) in [4.78, 5) is 17.7. The standard InChI is InChI=1S/C24H33N5OS/c1-18-10-12-20(13-11-18)29-23(27-14-4-5-15-27)25-26-24(29)31-17-22(30)28-16-6-8-19-7-2-3-9-21(19)28/h10-13,19,21H,2-9,14-17H2,1H3/t19-,21-/m1/s1. The Morgan fingerprint density at radius 2 is 1.71 bits per heavy atom. The van der Waals surface area contributed by atoms with Gasteiger partial charge in [0.1, 0.15) is 0 Å². The van der Waals surface area contributed by atoms with Crippen molar-refractivity contribution in [1.29, 1.82) is 0 Å². The molecule has 2 aliphatic heterocycles. The number of carbonyl (C=O) groups excluding carboxylic acids is 1. The number of likely N-dealkylation sites (tertiary alicyclic amines) is 1. The van der Waals surface area contributed by atoms with Crippen LogP contribution in [0.15, 0.2) is 29.4 Å². The van der Waals surface area contributed by atoms with Gasteiger partial charge in [0.2, 0.25) is 11.9 Å². The first kappa shape index (κ1) is 20.9. The number of hydrogen-bond donors (Lipinski definition) is 0. The number of benzene rings is 1. The lowest BCUT2D eigenvalue weighted by atomic mass is 9.78. The van der Waals surface area contributed by atoms with Crippen molar-refractivity contribution >= 4 is 23.6 Å². The highest BCUT2D eigenvalue weighted by molar-refractivity contribution is 7.99. The summed E-state index contributed by atoms with van der Waals surface area (Å²) < 4.78 is 2.14. The highest BCUT2D eigenvalue weighted by Gasteiger charge is 2.35. The molecule has 1 saturated carbocycles. The van der Waals surface area contributed by atoms with Crippen molar-refractivity contribution in [2.24, 2.45) is 5.92 Å². The number of aromatic nitrogens is 3. The fraction of sp³-hybridized carbons (Fsp3) is 0.625. The first-order valence-corrected chi connectivity index (χ1v) is 12.9. The summed E-state index contributed by atoms with van der Waals surface area (Å²) >= 11 is 1.54. The van der Waals surface area contributed by atoms with Gasteiger partial charge < -0.3 is 9.80 Å². The maximum atomic E-state index is 13.2. The highest BCUT2D eigenvalue weighted by atomic mass is 32.2. The normalized spacial score (nSPS) is 23.8. The molecule has 1 amide bonds. The van der Waals surface area contributed by atoms with E-state index in [1.54, 1.807) is 0 Å². The molecule has 1 aromatic heterocycles. The lowest BCUT2D eigenvalue weighted by molar-refractivity contribution is -0.134. The average molecular weight is 440 g/mol. The zero-order valence-electron chi connectivity index (χ0n) is 18.5. The summed E-state index contributed by atoms with van der Waals surface area (Å²) in [6.07, 6.45) is 9.90. The zero-order chi connectivity index (χ0) is 21.2. The van der Waals surface area contributed by atoms with Crippen LogP contribution in [0, 0.1) is 12.8 Å². The molecule has 1 aromatic carbocycles. The van der Waals surface area contributed by atoms with E-state index in [0.29, 0.717) is 11.8 Å². The second-order valence-electron chi connectivity index (χ2n) is 9.28. The number of carbonyl (C=O) groups is 1. The molecule has 3 aliphatic rings. The van der Waals surface area contributed by atoms with Crippen LogP contribution in [0.2, 0.25) is 0 Å². The van der Waals surface area contributed by atoms with Crippen LogP contribution in [0.1, 0.15) is 56.9 Å². The fourth-order valence-electron chi connectivity index (χ4n) is 5.54. The number of fused-ring (bicyclic) bond motifs is 1. The number of piperidine rings is 1. The Morgan fingerprint density at radius 3 is 2.52 bits per heavy atom. The zero-order valence-corrected chi connectivity index (χ0v) is 19.3. The van der Waals surface area contributed by atoms with E-state index in [2.05, 4.69) is 55.8 Å². The lowest BCUT2D eigenvalue weighted by Crippen LogP contribution is -2.50. The number of anilines is 1. The van der Waals surface area contributed by atoms with E-state index in [1.165, 1.54) is 62.3 Å². The van der Waals surface area contributed by atoms with E-state index in [0.717, 1.165) is 48.8 Å². The van der Waals surface area contributed by atoms with Gasteiger partial charge in [0.15, 0.2) is 5.16 Å². The van der Waals surface area contributed by atoms with Crippen LogP contribution < -0.4 is 4.90 Å². The third-order valence-corrected chi connectivity index (χ3v) is 8.10. The first-order valence-electron chi connectivity index (χ1n) is 11.9. The summed E-state index contributed by atoms with van der Waals surface area (Å²) in [7, 11) is 0. The summed E-state index contributed by atoms with van der Waals surface area (Å²) in [5, 5.41) is 9.88. The third-order valence-electron chi connectivity index (χ3n) is 7.19. The summed E-state index contributed by atoms with van der Waals surface area (Å²) in [6.45, 7) is 5.06. The number of aryl methyl sites for hydroxylation is 1. The number of thioether (sulfide) groups is 1. The first-order chi connectivity index (χ1) is 15.2. The molecule has 2 aromatic rings. The van der Waals surface area contributed by atoms with Crippen molar-refractivity contribution in [2.75, 3.05) is 30.3 Å². The van der Waals surface area contributed by atoms with Gasteiger partial charge in [0.05, 0.1) is 11.4 Å². The molecule has 0 spiro atoms. The summed E-state index contributed by atoms with van der Waals surface area (Å²) in [6, 6.07) is 8.97. The predicted molar refractivity (Wildman–Crippen MR) is 125 cm³/mol. The van der Waals surface area contributed by atoms with E-state index in [4.69, 9.17) is 0 Å². The Labute approximate surface area is 189 Å². The Kier molecular flexibility index (Phi) is 6.21. The molecule has 2 atom stereocenters. The molecule has 3 fully saturated rings. The predicted octanol–water partition coefficient (Wildman–Crippen LogP) is 4.45. The smallest absolute Gasteiger partial charge is 0.233 e. The average Bonchev–Trinajstić information content (AvgIpc) is 3.47. The van der Waals surface area contributed by atoms with Crippen LogP contribution in [0.3, 0.4) is 0 Å². The number of nitrogens with zero attached hydrogens (tertiary/aromatic N) is 5. The molecule has 31 heavy (non-hydrogen) atoms. The molecule has 0 unspecified atom stereocenters. The van der Waals surface area contributed by atoms with E-state index in [1.807, 2.05) is 0 Å². The minimum atomic E-state index is 0.266. The monoisotopic (exact) mass is 439 g/mol. The van der Waals surface area contributed by atoms with Gasteiger partial charge in [-0.1, -0.05) is 42.3 Å². The third kappa shape index (κ3) is 4.34. The van der Waals surface area contributed by atoms with E-state index in [-0.39, 0.29) is 5.91 Å². The van der Waals surface area contributed by atoms with Crippen LogP contribution >= 0.6 is 11.8 Å². The van der Waals surface area contributed by atoms with Crippen LogP contribution in [-0.2, 0) is 4.79 Å². The van der Waals surface area contributed by atoms with E-state index in [9.17, 15) is 4.79 Å². The fourth-order valence-corrected chi connectivity index (χ4v) is 6.37. The van der Waals surface area contributed by atoms with Gasteiger partial charge in [-0.25, -0.2) is 0 Å². The Bertz CT molecular complexity index is 903. The SMILES string of the molecule is Cc1ccc(-n2c(SCC(=O)N3CCC[C@H]4CCCC[C@H]43)nnc2N2CCCC2)cc1. The van der Waals surface area contributed by atoms with Crippen molar-refractivity contribution in [2.45, 2.75) is 69.5 Å². The van der Waals surface area contributed by atoms with Gasteiger partial charge >= 0.3 is 0 Å². The Balaban J connectivity index is 1.35. The number of hydrogen-bond acceptors (Lipinski definition) is 5. The van der Waals surface area contributed by atoms with Crippen molar-refractivity contribution in [3.05, 3.63) is 29.8 Å². The quantitative estimate of drug-likeness (QED) is 0.644. The minimum Gasteiger partial charge on any atom is -0.341 e. The van der Waals surface area contributed by atoms with Crippen molar-refractivity contribution in [3.8, 4) is 5.69 Å². The van der Waals surface area contributed by atoms with Crippen molar-refractivity contribution < 1.29 is 4.79 Å². The number of rotatable bonds is 5. The van der Waals surface area contributed by atoms with Crippen LogP contribution in [0.5, 0.6) is 0 Å². The lowest BCUT2D eigenvalue weighted by Gasteiger charge is -2.44. The van der Waals surface area contributed by atoms with Crippen molar-refractivity contribution in [1.82, 2.24) is 19.7 Å². The number of amides is 1. The van der Waals surface area contributed by atoms with Crippen molar-refractivity contribution in [3.63, 3.8) is 0 Å².